The van der Waals surface area contributed by atoms with Gasteiger partial charge in [-0.1, -0.05) is 36.4 Å². The lowest BCUT2D eigenvalue weighted by Crippen LogP contribution is -2.29. The molecule has 4 aromatic rings. The molecule has 1 amide bonds. The van der Waals surface area contributed by atoms with Crippen molar-refractivity contribution < 1.29 is 28.9 Å². The van der Waals surface area contributed by atoms with Gasteiger partial charge in [-0.2, -0.15) is 0 Å². The third-order valence-corrected chi connectivity index (χ3v) is 7.83. The fraction of sp³-hybridized carbons (Fsp3) is 0.219. The van der Waals surface area contributed by atoms with Crippen LogP contribution in [0.15, 0.2) is 83.9 Å². The zero-order valence-corrected chi connectivity index (χ0v) is 23.4. The molecule has 0 aliphatic carbocycles. The molecule has 6 rings (SSSR count). The summed E-state index contributed by atoms with van der Waals surface area (Å²) >= 11 is 1.24. The molecule has 8 nitrogen and oxygen atoms in total. The van der Waals surface area contributed by atoms with Crippen LogP contribution in [0.5, 0.6) is 17.2 Å². The summed E-state index contributed by atoms with van der Waals surface area (Å²) in [5, 5.41) is 13.6. The van der Waals surface area contributed by atoms with Crippen LogP contribution in [-0.2, 0) is 22.6 Å². The van der Waals surface area contributed by atoms with Crippen molar-refractivity contribution in [3.63, 3.8) is 0 Å². The largest absolute Gasteiger partial charge is 0.507 e. The minimum Gasteiger partial charge on any atom is -0.507 e. The molecule has 2 aliphatic heterocycles. The molecule has 208 valence electrons. The molecule has 0 saturated carbocycles. The van der Waals surface area contributed by atoms with Crippen molar-refractivity contribution in [1.82, 2.24) is 4.98 Å². The molecule has 3 aromatic carbocycles. The Bertz CT molecular complexity index is 1630. The van der Waals surface area contributed by atoms with Gasteiger partial charge in [-0.05, 0) is 60.9 Å². The average Bonchev–Trinajstić information content (AvgIpc) is 3.70. The first-order valence-electron chi connectivity index (χ1n) is 13.4. The Kier molecular flexibility index (Phi) is 7.19. The fourth-order valence-electron chi connectivity index (χ4n) is 5.22. The molecule has 41 heavy (non-hydrogen) atoms. The Morgan fingerprint density at radius 3 is 2.66 bits per heavy atom. The Balaban J connectivity index is 1.44. The number of ketones is 1. The summed E-state index contributed by atoms with van der Waals surface area (Å²) in [5.41, 5.74) is 2.94. The molecule has 2 atom stereocenters. The van der Waals surface area contributed by atoms with Gasteiger partial charge in [0.15, 0.2) is 16.6 Å². The van der Waals surface area contributed by atoms with E-state index in [-0.39, 0.29) is 17.4 Å². The number of rotatable bonds is 8. The summed E-state index contributed by atoms with van der Waals surface area (Å²) in [7, 11) is 0. The van der Waals surface area contributed by atoms with Crippen LogP contribution in [0.4, 0.5) is 5.13 Å². The first kappa shape index (κ1) is 26.6. The third-order valence-electron chi connectivity index (χ3n) is 7.06. The highest BCUT2D eigenvalue weighted by Crippen LogP contribution is 2.45. The number of carbonyl (C=O) groups is 2. The molecule has 1 aromatic heterocycles. The van der Waals surface area contributed by atoms with Gasteiger partial charge < -0.3 is 19.3 Å². The molecular weight excluding hydrogens is 540 g/mol. The zero-order chi connectivity index (χ0) is 28.5. The maximum atomic E-state index is 13.5. The Morgan fingerprint density at radius 1 is 1.07 bits per heavy atom. The van der Waals surface area contributed by atoms with E-state index in [9.17, 15) is 14.7 Å². The molecule has 1 N–H and O–H groups in total. The minimum absolute atomic E-state index is 0.0162. The Hall–Kier alpha value is -4.63. The lowest BCUT2D eigenvalue weighted by Gasteiger charge is -2.24. The van der Waals surface area contributed by atoms with Crippen LogP contribution in [0.1, 0.15) is 42.1 Å². The molecule has 1 fully saturated rings. The summed E-state index contributed by atoms with van der Waals surface area (Å²) in [6, 6.07) is 19.5. The van der Waals surface area contributed by atoms with Crippen LogP contribution in [0.25, 0.3) is 5.76 Å². The molecule has 9 heteroatoms. The third kappa shape index (κ3) is 5.04. The number of hydrogen-bond acceptors (Lipinski definition) is 8. The van der Waals surface area contributed by atoms with Gasteiger partial charge in [-0.25, -0.2) is 4.98 Å². The smallest absolute Gasteiger partial charge is 0.301 e. The Labute approximate surface area is 241 Å². The van der Waals surface area contributed by atoms with E-state index in [2.05, 4.69) is 4.98 Å². The molecule has 0 radical (unpaired) electrons. The van der Waals surface area contributed by atoms with E-state index in [0.717, 1.165) is 16.9 Å². The number of amides is 1. The number of aliphatic hydroxyl groups excluding tert-OH is 1. The highest BCUT2D eigenvalue weighted by molar-refractivity contribution is 7.14. The molecule has 2 aliphatic rings. The molecular formula is C32H28N2O6S. The monoisotopic (exact) mass is 568 g/mol. The first-order chi connectivity index (χ1) is 19.9. The van der Waals surface area contributed by atoms with E-state index in [4.69, 9.17) is 14.2 Å². The van der Waals surface area contributed by atoms with Crippen LogP contribution in [-0.4, -0.2) is 34.5 Å². The second kappa shape index (κ2) is 11.1. The number of aromatic nitrogens is 1. The van der Waals surface area contributed by atoms with Gasteiger partial charge >= 0.3 is 5.91 Å². The maximum absolute atomic E-state index is 13.5. The predicted molar refractivity (Wildman–Crippen MR) is 156 cm³/mol. The predicted octanol–water partition coefficient (Wildman–Crippen LogP) is 6.07. The van der Waals surface area contributed by atoms with Crippen molar-refractivity contribution in [2.24, 2.45) is 0 Å². The number of thiazole rings is 1. The topological polar surface area (TPSA) is 98.2 Å². The van der Waals surface area contributed by atoms with E-state index in [1.165, 1.54) is 16.2 Å². The SMILES string of the molecule is CCOc1cc([C@H]2/C(=C(\O)c3ccc4c(c3)C[C@@H](C)O4)C(=O)C(=O)N2c2nccs2)ccc1OCc1ccccc1. The maximum Gasteiger partial charge on any atom is 0.301 e. The van der Waals surface area contributed by atoms with Gasteiger partial charge in [0.05, 0.1) is 18.2 Å². The normalized spacial score (nSPS) is 19.2. The van der Waals surface area contributed by atoms with Crippen molar-refractivity contribution in [3.05, 3.63) is 106 Å². The number of benzene rings is 3. The Morgan fingerprint density at radius 2 is 1.90 bits per heavy atom. The quantitative estimate of drug-likeness (QED) is 0.157. The van der Waals surface area contributed by atoms with Crippen molar-refractivity contribution in [3.8, 4) is 17.2 Å². The fourth-order valence-corrected chi connectivity index (χ4v) is 5.89. The number of fused-ring (bicyclic) bond motifs is 1. The van der Waals surface area contributed by atoms with Gasteiger partial charge in [-0.15, -0.1) is 11.3 Å². The minimum atomic E-state index is -0.924. The van der Waals surface area contributed by atoms with Gasteiger partial charge in [-0.3, -0.25) is 14.5 Å². The number of nitrogens with zero attached hydrogens (tertiary/aromatic N) is 2. The van der Waals surface area contributed by atoms with Crippen LogP contribution < -0.4 is 19.1 Å². The molecule has 3 heterocycles. The van der Waals surface area contributed by atoms with Crippen LogP contribution in [0, 0.1) is 0 Å². The number of hydrogen-bond donors (Lipinski definition) is 1. The molecule has 0 unspecified atom stereocenters. The number of ether oxygens (including phenoxy) is 3. The summed E-state index contributed by atoms with van der Waals surface area (Å²) < 4.78 is 17.8. The van der Waals surface area contributed by atoms with Gasteiger partial charge in [0, 0.05) is 23.6 Å². The van der Waals surface area contributed by atoms with E-state index in [1.54, 1.807) is 41.9 Å². The average molecular weight is 569 g/mol. The highest BCUT2D eigenvalue weighted by atomic mass is 32.1. The second-order valence-electron chi connectivity index (χ2n) is 9.85. The van der Waals surface area contributed by atoms with Crippen molar-refractivity contribution in [2.75, 3.05) is 11.5 Å². The summed E-state index contributed by atoms with van der Waals surface area (Å²) in [5.74, 6) is -0.0479. The number of carbonyl (C=O) groups excluding carboxylic acids is 2. The second-order valence-corrected chi connectivity index (χ2v) is 10.7. The van der Waals surface area contributed by atoms with Gasteiger partial charge in [0.2, 0.25) is 0 Å². The van der Waals surface area contributed by atoms with Crippen molar-refractivity contribution in [1.29, 1.82) is 0 Å². The van der Waals surface area contributed by atoms with E-state index < -0.39 is 17.7 Å². The van der Waals surface area contributed by atoms with Crippen LogP contribution in [0.2, 0.25) is 0 Å². The lowest BCUT2D eigenvalue weighted by molar-refractivity contribution is -0.132. The summed E-state index contributed by atoms with van der Waals surface area (Å²) in [6.45, 7) is 4.57. The van der Waals surface area contributed by atoms with E-state index in [1.807, 2.05) is 50.2 Å². The number of anilines is 1. The van der Waals surface area contributed by atoms with Crippen molar-refractivity contribution in [2.45, 2.75) is 39.0 Å². The van der Waals surface area contributed by atoms with Crippen LogP contribution in [0.3, 0.4) is 0 Å². The van der Waals surface area contributed by atoms with E-state index >= 15 is 0 Å². The molecule has 0 spiro atoms. The van der Waals surface area contributed by atoms with Gasteiger partial charge in [0.1, 0.15) is 24.2 Å². The zero-order valence-electron chi connectivity index (χ0n) is 22.6. The lowest BCUT2D eigenvalue weighted by atomic mass is 9.94. The van der Waals surface area contributed by atoms with Crippen molar-refractivity contribution >= 4 is 33.9 Å². The van der Waals surface area contributed by atoms with Gasteiger partial charge in [0.25, 0.3) is 5.78 Å². The summed E-state index contributed by atoms with van der Waals surface area (Å²) in [6.07, 6.45) is 2.29. The first-order valence-corrected chi connectivity index (χ1v) is 14.3. The number of aliphatic hydroxyl groups is 1. The molecule has 0 bridgehead atoms. The van der Waals surface area contributed by atoms with Crippen LogP contribution >= 0.6 is 11.3 Å². The highest BCUT2D eigenvalue weighted by Gasteiger charge is 2.48. The molecule has 1 saturated heterocycles. The van der Waals surface area contributed by atoms with E-state index in [0.29, 0.717) is 47.4 Å². The summed E-state index contributed by atoms with van der Waals surface area (Å²) in [4.78, 5) is 32.6. The number of Topliss-reactive ketones (excluding diaryl/α,β-unsaturated/α-hetero) is 1. The standard InChI is InChI=1S/C32H28N2O6S/c1-3-38-26-17-21(9-12-25(26)39-18-20-7-5-4-6-8-20)28-27(30(36)31(37)34(28)32-33-13-14-41-32)29(35)22-10-11-24-23(16-22)15-19(2)40-24/h4-14,16-17,19,28,35H,3,15,18H2,1-2H3/b29-27+/t19-,28+/m1/s1.